The van der Waals surface area contributed by atoms with Crippen LogP contribution in [-0.4, -0.2) is 23.0 Å². The van der Waals surface area contributed by atoms with Gasteiger partial charge in [0.15, 0.2) is 0 Å². The quantitative estimate of drug-likeness (QED) is 0.520. The van der Waals surface area contributed by atoms with Gasteiger partial charge in [-0.1, -0.05) is 30.3 Å². The average molecular weight is 441 g/mol. The molecule has 3 aromatic rings. The molecule has 0 saturated heterocycles. The molecule has 4 nitrogen and oxygen atoms in total. The van der Waals surface area contributed by atoms with Crippen molar-refractivity contribution >= 4 is 22.5 Å². The second kappa shape index (κ2) is 8.81. The van der Waals surface area contributed by atoms with E-state index in [2.05, 4.69) is 15.6 Å². The van der Waals surface area contributed by atoms with Crippen LogP contribution in [0.2, 0.25) is 0 Å². The van der Waals surface area contributed by atoms with Gasteiger partial charge >= 0.3 is 6.18 Å². The van der Waals surface area contributed by atoms with Gasteiger partial charge in [0.1, 0.15) is 5.69 Å². The third-order valence-electron chi connectivity index (χ3n) is 6.28. The SMILES string of the molecule is Cc1cccc(C(=O)N[C@H]2CC[C@@H](Nc3cc(C(F)(F)F)nc4ccccc34)CC2)c1C. The number of para-hydroxylation sites is 1. The number of pyridine rings is 1. The number of fused-ring (bicyclic) bond motifs is 1. The summed E-state index contributed by atoms with van der Waals surface area (Å²) in [5, 5.41) is 7.10. The van der Waals surface area contributed by atoms with Gasteiger partial charge in [-0.15, -0.1) is 0 Å². The molecule has 1 fully saturated rings. The Morgan fingerprint density at radius 2 is 1.66 bits per heavy atom. The van der Waals surface area contributed by atoms with Gasteiger partial charge in [-0.3, -0.25) is 4.79 Å². The number of carbonyl (C=O) groups is 1. The molecule has 0 atom stereocenters. The number of nitrogens with one attached hydrogen (secondary N) is 2. The Kier molecular flexibility index (Phi) is 6.09. The van der Waals surface area contributed by atoms with E-state index in [0.717, 1.165) is 42.9 Å². The Hall–Kier alpha value is -3.09. The lowest BCUT2D eigenvalue weighted by Crippen LogP contribution is -2.40. The van der Waals surface area contributed by atoms with E-state index in [1.807, 2.05) is 32.0 Å². The number of aromatic nitrogens is 1. The second-order valence-electron chi connectivity index (χ2n) is 8.48. The molecular weight excluding hydrogens is 415 g/mol. The zero-order valence-corrected chi connectivity index (χ0v) is 18.1. The van der Waals surface area contributed by atoms with Gasteiger partial charge < -0.3 is 10.6 Å². The summed E-state index contributed by atoms with van der Waals surface area (Å²) in [6, 6.07) is 13.7. The van der Waals surface area contributed by atoms with E-state index in [9.17, 15) is 18.0 Å². The highest BCUT2D eigenvalue weighted by Gasteiger charge is 2.34. The molecule has 2 N–H and O–H groups in total. The van der Waals surface area contributed by atoms with Crippen molar-refractivity contribution in [2.75, 3.05) is 5.32 Å². The summed E-state index contributed by atoms with van der Waals surface area (Å²) in [6.07, 6.45) is -1.45. The highest BCUT2D eigenvalue weighted by atomic mass is 19.4. The lowest BCUT2D eigenvalue weighted by molar-refractivity contribution is -0.140. The van der Waals surface area contributed by atoms with E-state index in [1.54, 1.807) is 24.3 Å². The maximum atomic E-state index is 13.3. The van der Waals surface area contributed by atoms with Crippen LogP contribution in [0, 0.1) is 13.8 Å². The summed E-state index contributed by atoms with van der Waals surface area (Å²) in [7, 11) is 0. The van der Waals surface area contributed by atoms with E-state index < -0.39 is 11.9 Å². The highest BCUT2D eigenvalue weighted by molar-refractivity contribution is 5.96. The van der Waals surface area contributed by atoms with Crippen molar-refractivity contribution < 1.29 is 18.0 Å². The number of rotatable bonds is 4. The molecule has 0 spiro atoms. The molecule has 1 aliphatic rings. The van der Waals surface area contributed by atoms with Crippen LogP contribution in [0.3, 0.4) is 0 Å². The third kappa shape index (κ3) is 4.71. The van der Waals surface area contributed by atoms with Crippen molar-refractivity contribution in [2.45, 2.75) is 57.8 Å². The standard InChI is InChI=1S/C25H26F3N3O/c1-15-6-5-8-19(16(15)2)24(32)30-18-12-10-17(11-13-18)29-22-14-23(25(26,27)28)31-21-9-4-3-7-20(21)22/h3-9,14,17-18H,10-13H2,1-2H3,(H,29,31)(H,30,32)/t17-,18+. The van der Waals surface area contributed by atoms with E-state index in [0.29, 0.717) is 22.2 Å². The number of nitrogens with zero attached hydrogens (tertiary/aromatic N) is 1. The molecule has 32 heavy (non-hydrogen) atoms. The summed E-state index contributed by atoms with van der Waals surface area (Å²) in [4.78, 5) is 16.5. The summed E-state index contributed by atoms with van der Waals surface area (Å²) >= 11 is 0. The van der Waals surface area contributed by atoms with Crippen LogP contribution < -0.4 is 10.6 Å². The lowest BCUT2D eigenvalue weighted by atomic mass is 9.90. The van der Waals surface area contributed by atoms with Gasteiger partial charge in [0.2, 0.25) is 0 Å². The zero-order valence-electron chi connectivity index (χ0n) is 18.1. The number of anilines is 1. The topological polar surface area (TPSA) is 54.0 Å². The molecule has 1 aromatic heterocycles. The van der Waals surface area contributed by atoms with Crippen molar-refractivity contribution in [3.05, 3.63) is 70.9 Å². The number of hydrogen-bond acceptors (Lipinski definition) is 3. The third-order valence-corrected chi connectivity index (χ3v) is 6.28. The first kappa shape index (κ1) is 22.1. The van der Waals surface area contributed by atoms with Crippen LogP contribution >= 0.6 is 0 Å². The van der Waals surface area contributed by atoms with Crippen LogP contribution in [0.5, 0.6) is 0 Å². The second-order valence-corrected chi connectivity index (χ2v) is 8.48. The van der Waals surface area contributed by atoms with Gasteiger partial charge in [0, 0.05) is 28.7 Å². The van der Waals surface area contributed by atoms with Crippen molar-refractivity contribution in [3.8, 4) is 0 Å². The van der Waals surface area contributed by atoms with Crippen molar-refractivity contribution in [2.24, 2.45) is 0 Å². The smallest absolute Gasteiger partial charge is 0.382 e. The summed E-state index contributed by atoms with van der Waals surface area (Å²) in [5.41, 5.74) is 2.62. The van der Waals surface area contributed by atoms with Crippen LogP contribution in [0.1, 0.15) is 52.9 Å². The molecule has 0 unspecified atom stereocenters. The molecule has 1 saturated carbocycles. The van der Waals surface area contributed by atoms with Crippen LogP contribution in [0.25, 0.3) is 10.9 Å². The first-order chi connectivity index (χ1) is 15.2. The summed E-state index contributed by atoms with van der Waals surface area (Å²) in [6.45, 7) is 3.93. The predicted octanol–water partition coefficient (Wildman–Crippen LogP) is 6.02. The number of benzene rings is 2. The minimum absolute atomic E-state index is 0.0377. The van der Waals surface area contributed by atoms with E-state index in [-0.39, 0.29) is 18.0 Å². The number of hydrogen-bond donors (Lipinski definition) is 2. The maximum Gasteiger partial charge on any atom is 0.433 e. The number of alkyl halides is 3. The molecule has 1 heterocycles. The van der Waals surface area contributed by atoms with E-state index in [1.165, 1.54) is 0 Å². The lowest BCUT2D eigenvalue weighted by Gasteiger charge is -2.31. The van der Waals surface area contributed by atoms with Gasteiger partial charge in [-0.2, -0.15) is 13.2 Å². The molecule has 0 bridgehead atoms. The molecule has 168 valence electrons. The minimum Gasteiger partial charge on any atom is -0.382 e. The molecule has 0 radical (unpaired) electrons. The number of aryl methyl sites for hydroxylation is 1. The van der Waals surface area contributed by atoms with Crippen molar-refractivity contribution in [1.29, 1.82) is 0 Å². The molecule has 0 aliphatic heterocycles. The molecule has 7 heteroatoms. The average Bonchev–Trinajstić information content (AvgIpc) is 2.76. The fourth-order valence-corrected chi connectivity index (χ4v) is 4.30. The normalized spacial score (nSPS) is 19.0. The Morgan fingerprint density at radius 3 is 2.38 bits per heavy atom. The number of amides is 1. The van der Waals surface area contributed by atoms with E-state index >= 15 is 0 Å². The minimum atomic E-state index is -4.50. The molecule has 2 aromatic carbocycles. The molecule has 1 aliphatic carbocycles. The monoisotopic (exact) mass is 441 g/mol. The van der Waals surface area contributed by atoms with E-state index in [4.69, 9.17) is 0 Å². The van der Waals surface area contributed by atoms with Crippen LogP contribution in [-0.2, 0) is 6.18 Å². The van der Waals surface area contributed by atoms with Gasteiger partial charge in [-0.05, 0) is 68.9 Å². The van der Waals surface area contributed by atoms with Gasteiger partial charge in [0.05, 0.1) is 5.52 Å². The largest absolute Gasteiger partial charge is 0.433 e. The number of halogens is 3. The summed E-state index contributed by atoms with van der Waals surface area (Å²) < 4.78 is 39.9. The first-order valence-corrected chi connectivity index (χ1v) is 10.8. The van der Waals surface area contributed by atoms with Crippen molar-refractivity contribution in [1.82, 2.24) is 10.3 Å². The maximum absolute atomic E-state index is 13.3. The zero-order chi connectivity index (χ0) is 22.9. The Morgan fingerprint density at radius 1 is 0.969 bits per heavy atom. The Bertz CT molecular complexity index is 1130. The van der Waals surface area contributed by atoms with Crippen LogP contribution in [0.4, 0.5) is 18.9 Å². The van der Waals surface area contributed by atoms with Crippen molar-refractivity contribution in [3.63, 3.8) is 0 Å². The Balaban J connectivity index is 1.43. The van der Waals surface area contributed by atoms with Crippen LogP contribution in [0.15, 0.2) is 48.5 Å². The fraction of sp³-hybridized carbons (Fsp3) is 0.360. The summed E-state index contributed by atoms with van der Waals surface area (Å²) in [5.74, 6) is -0.0717. The molecule has 1 amide bonds. The molecular formula is C25H26F3N3O. The molecule has 4 rings (SSSR count). The van der Waals surface area contributed by atoms with Gasteiger partial charge in [-0.25, -0.2) is 4.98 Å². The Labute approximate surface area is 185 Å². The number of carbonyl (C=O) groups excluding carboxylic acids is 1. The highest BCUT2D eigenvalue weighted by Crippen LogP contribution is 2.34. The first-order valence-electron chi connectivity index (χ1n) is 10.8. The fourth-order valence-electron chi connectivity index (χ4n) is 4.30. The van der Waals surface area contributed by atoms with Gasteiger partial charge in [0.25, 0.3) is 5.91 Å². The predicted molar refractivity (Wildman–Crippen MR) is 120 cm³/mol.